The van der Waals surface area contributed by atoms with Crippen LogP contribution in [0.25, 0.3) is 0 Å². The summed E-state index contributed by atoms with van der Waals surface area (Å²) in [6, 6.07) is 0. The molecule has 80 valence electrons. The third-order valence-corrected chi connectivity index (χ3v) is 3.87. The molecule has 3 fully saturated rings. The molecule has 2 heterocycles. The van der Waals surface area contributed by atoms with Crippen molar-refractivity contribution in [1.82, 2.24) is 4.90 Å². The minimum absolute atomic E-state index is 0.306. The van der Waals surface area contributed by atoms with Gasteiger partial charge in [-0.05, 0) is 31.1 Å². The quantitative estimate of drug-likeness (QED) is 0.714. The van der Waals surface area contributed by atoms with Crippen molar-refractivity contribution in [2.45, 2.75) is 24.9 Å². The molecular weight excluding hydrogens is 178 g/mol. The number of hydrogen-bond acceptors (Lipinski definition) is 3. The monoisotopic (exact) mass is 197 g/mol. The molecule has 1 atom stereocenters. The third-order valence-electron chi connectivity index (χ3n) is 3.87. The van der Waals surface area contributed by atoms with Crippen molar-refractivity contribution >= 4 is 0 Å². The lowest BCUT2D eigenvalue weighted by atomic mass is 9.88. The Kier molecular flexibility index (Phi) is 2.08. The van der Waals surface area contributed by atoms with Gasteiger partial charge in [-0.25, -0.2) is 0 Å². The van der Waals surface area contributed by atoms with Crippen molar-refractivity contribution in [2.24, 2.45) is 11.8 Å². The fourth-order valence-corrected chi connectivity index (χ4v) is 2.83. The van der Waals surface area contributed by atoms with Crippen LogP contribution in [0.1, 0.15) is 19.3 Å². The van der Waals surface area contributed by atoms with Crippen LogP contribution in [-0.4, -0.2) is 48.5 Å². The van der Waals surface area contributed by atoms with Crippen molar-refractivity contribution in [1.29, 1.82) is 0 Å². The Labute approximate surface area is 85.0 Å². The lowest BCUT2D eigenvalue weighted by molar-refractivity contribution is -0.117. The molecule has 3 aliphatic rings. The van der Waals surface area contributed by atoms with Crippen molar-refractivity contribution in [3.05, 3.63) is 0 Å². The van der Waals surface area contributed by atoms with E-state index in [0.717, 1.165) is 38.8 Å². The molecule has 0 aromatic heterocycles. The summed E-state index contributed by atoms with van der Waals surface area (Å²) in [4.78, 5) is 2.39. The first-order valence-corrected chi connectivity index (χ1v) is 5.79. The van der Waals surface area contributed by atoms with E-state index in [1.165, 1.54) is 19.3 Å². The van der Waals surface area contributed by atoms with Crippen LogP contribution in [0.3, 0.4) is 0 Å². The molecule has 0 spiro atoms. The van der Waals surface area contributed by atoms with Gasteiger partial charge in [-0.1, -0.05) is 0 Å². The minimum Gasteiger partial charge on any atom is -0.387 e. The number of β-amino-alcohol motifs (C(OH)–C–C–N with tert-alkyl or cyclic N) is 1. The van der Waals surface area contributed by atoms with Gasteiger partial charge in [0.25, 0.3) is 0 Å². The highest BCUT2D eigenvalue weighted by molar-refractivity contribution is 5.05. The minimum atomic E-state index is -0.306. The van der Waals surface area contributed by atoms with Crippen LogP contribution in [0.5, 0.6) is 0 Å². The summed E-state index contributed by atoms with van der Waals surface area (Å²) in [7, 11) is 0. The highest BCUT2D eigenvalue weighted by Gasteiger charge is 2.51. The largest absolute Gasteiger partial charge is 0.387 e. The van der Waals surface area contributed by atoms with E-state index in [1.54, 1.807) is 0 Å². The molecule has 2 aliphatic heterocycles. The fraction of sp³-hybridized carbons (Fsp3) is 1.00. The summed E-state index contributed by atoms with van der Waals surface area (Å²) in [6.45, 7) is 4.82. The average Bonchev–Trinajstić information content (AvgIpc) is 2.84. The summed E-state index contributed by atoms with van der Waals surface area (Å²) in [5.41, 5.74) is -0.306. The van der Waals surface area contributed by atoms with Gasteiger partial charge < -0.3 is 9.84 Å². The Balaban J connectivity index is 1.44. The van der Waals surface area contributed by atoms with E-state index in [-0.39, 0.29) is 5.60 Å². The predicted octanol–water partition coefficient (Wildman–Crippen LogP) is 0.480. The molecule has 3 rings (SSSR count). The number of hydrogen-bond donors (Lipinski definition) is 1. The molecule has 1 N–H and O–H groups in total. The van der Waals surface area contributed by atoms with Gasteiger partial charge in [-0.3, -0.25) is 4.90 Å². The second-order valence-corrected chi connectivity index (χ2v) is 5.28. The Hall–Kier alpha value is -0.120. The van der Waals surface area contributed by atoms with E-state index in [2.05, 4.69) is 4.90 Å². The summed E-state index contributed by atoms with van der Waals surface area (Å²) in [5.74, 6) is 1.34. The van der Waals surface area contributed by atoms with Gasteiger partial charge in [0.2, 0.25) is 0 Å². The van der Waals surface area contributed by atoms with Crippen LogP contribution in [0.4, 0.5) is 0 Å². The van der Waals surface area contributed by atoms with Crippen LogP contribution in [0, 0.1) is 11.8 Å². The maximum absolute atomic E-state index is 10.1. The Morgan fingerprint density at radius 2 is 2.07 bits per heavy atom. The van der Waals surface area contributed by atoms with E-state index >= 15 is 0 Å². The molecule has 14 heavy (non-hydrogen) atoms. The predicted molar refractivity (Wildman–Crippen MR) is 53.0 cm³/mol. The van der Waals surface area contributed by atoms with Gasteiger partial charge in [0.15, 0.2) is 0 Å². The van der Waals surface area contributed by atoms with Crippen LogP contribution >= 0.6 is 0 Å². The summed E-state index contributed by atoms with van der Waals surface area (Å²) >= 11 is 0. The first-order chi connectivity index (χ1) is 6.76. The lowest BCUT2D eigenvalue weighted by Gasteiger charge is -2.47. The van der Waals surface area contributed by atoms with Gasteiger partial charge >= 0.3 is 0 Å². The van der Waals surface area contributed by atoms with Crippen molar-refractivity contribution in [3.63, 3.8) is 0 Å². The first-order valence-electron chi connectivity index (χ1n) is 5.79. The number of likely N-dealkylation sites (tertiary alicyclic amines) is 1. The molecule has 0 aromatic carbocycles. The standard InChI is InChI=1S/C11H19NO2/c13-11(10-1-2-10)7-12(8-11)5-9-3-4-14-6-9/h9-10,13H,1-8H2. The molecule has 0 aromatic rings. The zero-order chi connectivity index (χ0) is 9.60. The average molecular weight is 197 g/mol. The molecule has 2 saturated heterocycles. The highest BCUT2D eigenvalue weighted by atomic mass is 16.5. The van der Waals surface area contributed by atoms with E-state index < -0.39 is 0 Å². The van der Waals surface area contributed by atoms with Gasteiger partial charge in [0, 0.05) is 26.2 Å². The van der Waals surface area contributed by atoms with Crippen molar-refractivity contribution < 1.29 is 9.84 Å². The highest BCUT2D eigenvalue weighted by Crippen LogP contribution is 2.44. The van der Waals surface area contributed by atoms with Crippen molar-refractivity contribution in [2.75, 3.05) is 32.8 Å². The zero-order valence-electron chi connectivity index (χ0n) is 8.61. The van der Waals surface area contributed by atoms with Crippen LogP contribution in [0.2, 0.25) is 0 Å². The van der Waals surface area contributed by atoms with E-state index in [1.807, 2.05) is 0 Å². The number of aliphatic hydroxyl groups is 1. The summed E-state index contributed by atoms with van der Waals surface area (Å²) < 4.78 is 5.35. The molecule has 3 nitrogen and oxygen atoms in total. The molecule has 1 unspecified atom stereocenters. The maximum Gasteiger partial charge on any atom is 0.0928 e. The third kappa shape index (κ3) is 1.58. The lowest BCUT2D eigenvalue weighted by Crippen LogP contribution is -2.63. The Bertz CT molecular complexity index is 213. The van der Waals surface area contributed by atoms with Gasteiger partial charge in [-0.15, -0.1) is 0 Å². The van der Waals surface area contributed by atoms with Gasteiger partial charge in [0.1, 0.15) is 0 Å². The normalized spacial score (nSPS) is 37.1. The molecule has 0 radical (unpaired) electrons. The smallest absolute Gasteiger partial charge is 0.0928 e. The van der Waals surface area contributed by atoms with Crippen LogP contribution < -0.4 is 0 Å². The molecular formula is C11H19NO2. The van der Waals surface area contributed by atoms with Gasteiger partial charge in [0.05, 0.1) is 12.2 Å². The Morgan fingerprint density at radius 1 is 1.29 bits per heavy atom. The van der Waals surface area contributed by atoms with Crippen molar-refractivity contribution in [3.8, 4) is 0 Å². The van der Waals surface area contributed by atoms with E-state index in [0.29, 0.717) is 5.92 Å². The SMILES string of the molecule is OC1(C2CC2)CN(CC2CCOC2)C1. The van der Waals surface area contributed by atoms with E-state index in [9.17, 15) is 5.11 Å². The summed E-state index contributed by atoms with van der Waals surface area (Å²) in [5, 5.41) is 10.1. The summed E-state index contributed by atoms with van der Waals surface area (Å²) in [6.07, 6.45) is 3.70. The number of nitrogens with zero attached hydrogens (tertiary/aromatic N) is 1. The Morgan fingerprint density at radius 3 is 2.64 bits per heavy atom. The molecule has 3 heteroatoms. The van der Waals surface area contributed by atoms with Crippen LogP contribution in [0.15, 0.2) is 0 Å². The second kappa shape index (κ2) is 3.19. The zero-order valence-corrected chi connectivity index (χ0v) is 8.61. The van der Waals surface area contributed by atoms with Gasteiger partial charge in [-0.2, -0.15) is 0 Å². The maximum atomic E-state index is 10.1. The second-order valence-electron chi connectivity index (χ2n) is 5.28. The first kappa shape index (κ1) is 9.13. The number of ether oxygens (including phenoxy) is 1. The molecule has 0 amide bonds. The number of rotatable bonds is 3. The molecule has 0 bridgehead atoms. The van der Waals surface area contributed by atoms with Crippen LogP contribution in [-0.2, 0) is 4.74 Å². The molecule has 1 saturated carbocycles. The topological polar surface area (TPSA) is 32.7 Å². The van der Waals surface area contributed by atoms with E-state index in [4.69, 9.17) is 4.74 Å². The molecule has 1 aliphatic carbocycles. The fourth-order valence-electron chi connectivity index (χ4n) is 2.83.